The Kier molecular flexibility index (Phi) is 4.73. The number of benzene rings is 1. The number of aryl methyl sites for hydroxylation is 2. The Morgan fingerprint density at radius 1 is 1.21 bits per heavy atom. The molecule has 1 aromatic carbocycles. The van der Waals surface area contributed by atoms with Crippen LogP contribution in [0.3, 0.4) is 0 Å². The van der Waals surface area contributed by atoms with E-state index in [1.807, 2.05) is 0 Å². The Morgan fingerprint density at radius 3 is 2.54 bits per heavy atom. The molecule has 1 fully saturated rings. The molecule has 2 aromatic rings. The van der Waals surface area contributed by atoms with Gasteiger partial charge in [0, 0.05) is 26.3 Å². The summed E-state index contributed by atoms with van der Waals surface area (Å²) in [6, 6.07) is 6.37. The highest BCUT2D eigenvalue weighted by atomic mass is 32.2. The first-order valence-corrected chi connectivity index (χ1v) is 9.57. The van der Waals surface area contributed by atoms with E-state index in [1.165, 1.54) is 16.4 Å². The van der Waals surface area contributed by atoms with Crippen molar-refractivity contribution in [2.24, 2.45) is 7.05 Å². The van der Waals surface area contributed by atoms with Crippen molar-refractivity contribution < 1.29 is 12.8 Å². The van der Waals surface area contributed by atoms with Crippen molar-refractivity contribution in [2.45, 2.75) is 37.1 Å². The number of aromatic nitrogens is 2. The molecule has 2 heterocycles. The second kappa shape index (κ2) is 6.64. The summed E-state index contributed by atoms with van der Waals surface area (Å²) in [5.74, 6) is 0.465. The van der Waals surface area contributed by atoms with Gasteiger partial charge in [0.05, 0.1) is 0 Å². The van der Waals surface area contributed by atoms with Crippen LogP contribution in [0.4, 0.5) is 4.39 Å². The summed E-state index contributed by atoms with van der Waals surface area (Å²) in [6.45, 7) is 2.68. The minimum Gasteiger partial charge on any atom is -0.337 e. The highest BCUT2D eigenvalue weighted by Crippen LogP contribution is 2.29. The molecule has 0 N–H and O–H groups in total. The zero-order chi connectivity index (χ0) is 17.3. The molecule has 0 radical (unpaired) electrons. The Labute approximate surface area is 142 Å². The van der Waals surface area contributed by atoms with Gasteiger partial charge in [0.15, 0.2) is 5.03 Å². The average Bonchev–Trinajstić information content (AvgIpc) is 2.77. The maximum Gasteiger partial charge on any atom is 0.262 e. The molecule has 1 aromatic heterocycles. The lowest BCUT2D eigenvalue weighted by atomic mass is 9.95. The normalized spacial score (nSPS) is 20.0. The van der Waals surface area contributed by atoms with E-state index >= 15 is 0 Å². The first-order valence-electron chi connectivity index (χ1n) is 8.13. The lowest BCUT2D eigenvalue weighted by Gasteiger charge is -2.23. The van der Waals surface area contributed by atoms with E-state index in [1.54, 1.807) is 36.9 Å². The molecule has 0 aliphatic carbocycles. The minimum atomic E-state index is -3.61. The largest absolute Gasteiger partial charge is 0.337 e. The number of nitrogens with zero attached hydrogens (tertiary/aromatic N) is 3. The predicted octanol–water partition coefficient (Wildman–Crippen LogP) is 2.83. The summed E-state index contributed by atoms with van der Waals surface area (Å²) in [4.78, 5) is 4.18. The van der Waals surface area contributed by atoms with Gasteiger partial charge < -0.3 is 4.57 Å². The van der Waals surface area contributed by atoms with Crippen LogP contribution in [0.5, 0.6) is 0 Å². The lowest BCUT2D eigenvalue weighted by molar-refractivity contribution is 0.404. The maximum absolute atomic E-state index is 13.1. The Morgan fingerprint density at radius 2 is 1.92 bits per heavy atom. The van der Waals surface area contributed by atoms with Crippen LogP contribution < -0.4 is 0 Å². The van der Waals surface area contributed by atoms with Gasteiger partial charge in [-0.15, -0.1) is 0 Å². The van der Waals surface area contributed by atoms with Crippen LogP contribution in [0.25, 0.3) is 0 Å². The molecule has 24 heavy (non-hydrogen) atoms. The van der Waals surface area contributed by atoms with E-state index in [2.05, 4.69) is 4.98 Å². The standard InChI is InChI=1S/C17H22FN3O2S/c1-13-19-17(12-20(13)2)24(22,23)21-10-4-3-5-15(11-21)14-6-8-16(18)9-7-14/h6-9,12,15H,3-5,10-11H2,1-2H3. The third kappa shape index (κ3) is 3.37. The molecule has 0 bridgehead atoms. The second-order valence-electron chi connectivity index (χ2n) is 6.34. The van der Waals surface area contributed by atoms with Gasteiger partial charge in [-0.05, 0) is 43.4 Å². The molecule has 0 spiro atoms. The van der Waals surface area contributed by atoms with E-state index < -0.39 is 10.0 Å². The van der Waals surface area contributed by atoms with Crippen molar-refractivity contribution in [1.82, 2.24) is 13.9 Å². The smallest absolute Gasteiger partial charge is 0.262 e. The molecule has 0 saturated carbocycles. The lowest BCUT2D eigenvalue weighted by Crippen LogP contribution is -2.34. The maximum atomic E-state index is 13.1. The number of rotatable bonds is 3. The molecule has 1 unspecified atom stereocenters. The average molecular weight is 351 g/mol. The number of hydrogen-bond acceptors (Lipinski definition) is 3. The highest BCUT2D eigenvalue weighted by molar-refractivity contribution is 7.89. The summed E-state index contributed by atoms with van der Waals surface area (Å²) in [5.41, 5.74) is 0.982. The summed E-state index contributed by atoms with van der Waals surface area (Å²) >= 11 is 0. The molecule has 1 aliphatic heterocycles. The van der Waals surface area contributed by atoms with Crippen molar-refractivity contribution in [3.63, 3.8) is 0 Å². The molecule has 7 heteroatoms. The Hall–Kier alpha value is -1.73. The zero-order valence-corrected chi connectivity index (χ0v) is 14.8. The molecule has 0 amide bonds. The monoisotopic (exact) mass is 351 g/mol. The fourth-order valence-corrected chi connectivity index (χ4v) is 4.66. The third-order valence-electron chi connectivity index (χ3n) is 4.67. The molecular formula is C17H22FN3O2S. The predicted molar refractivity (Wildman–Crippen MR) is 89.7 cm³/mol. The Bertz CT molecular complexity index is 795. The van der Waals surface area contributed by atoms with E-state index in [0.717, 1.165) is 24.8 Å². The molecular weight excluding hydrogens is 329 g/mol. The number of hydrogen-bond donors (Lipinski definition) is 0. The zero-order valence-electron chi connectivity index (χ0n) is 13.9. The van der Waals surface area contributed by atoms with Gasteiger partial charge in [-0.3, -0.25) is 0 Å². The fraction of sp³-hybridized carbons (Fsp3) is 0.471. The van der Waals surface area contributed by atoms with Crippen LogP contribution in [0.2, 0.25) is 0 Å². The van der Waals surface area contributed by atoms with Crippen molar-refractivity contribution in [2.75, 3.05) is 13.1 Å². The van der Waals surface area contributed by atoms with Gasteiger partial charge in [-0.2, -0.15) is 4.31 Å². The second-order valence-corrected chi connectivity index (χ2v) is 8.23. The quantitative estimate of drug-likeness (QED) is 0.854. The van der Waals surface area contributed by atoms with Gasteiger partial charge in [0.2, 0.25) is 0 Å². The fourth-order valence-electron chi connectivity index (χ4n) is 3.12. The van der Waals surface area contributed by atoms with Crippen LogP contribution in [-0.2, 0) is 17.1 Å². The minimum absolute atomic E-state index is 0.0766. The summed E-state index contributed by atoms with van der Waals surface area (Å²) in [6.07, 6.45) is 4.24. The van der Waals surface area contributed by atoms with Gasteiger partial charge >= 0.3 is 0 Å². The first kappa shape index (κ1) is 17.1. The molecule has 1 atom stereocenters. The van der Waals surface area contributed by atoms with Crippen LogP contribution in [-0.4, -0.2) is 35.4 Å². The van der Waals surface area contributed by atoms with Crippen LogP contribution >= 0.6 is 0 Å². The number of sulfonamides is 1. The van der Waals surface area contributed by atoms with Crippen LogP contribution in [0.15, 0.2) is 35.5 Å². The van der Waals surface area contributed by atoms with Crippen molar-refractivity contribution in [1.29, 1.82) is 0 Å². The molecule has 130 valence electrons. The van der Waals surface area contributed by atoms with E-state index in [9.17, 15) is 12.8 Å². The van der Waals surface area contributed by atoms with E-state index in [-0.39, 0.29) is 16.8 Å². The van der Waals surface area contributed by atoms with E-state index in [0.29, 0.717) is 18.9 Å². The van der Waals surface area contributed by atoms with Crippen molar-refractivity contribution >= 4 is 10.0 Å². The first-order chi connectivity index (χ1) is 11.4. The van der Waals surface area contributed by atoms with Gasteiger partial charge in [-0.25, -0.2) is 17.8 Å². The third-order valence-corrected chi connectivity index (χ3v) is 6.40. The molecule has 1 saturated heterocycles. The summed E-state index contributed by atoms with van der Waals surface area (Å²) < 4.78 is 42.2. The number of halogens is 1. The van der Waals surface area contributed by atoms with Crippen molar-refractivity contribution in [3.8, 4) is 0 Å². The van der Waals surface area contributed by atoms with E-state index in [4.69, 9.17) is 0 Å². The van der Waals surface area contributed by atoms with Gasteiger partial charge in [0.25, 0.3) is 10.0 Å². The van der Waals surface area contributed by atoms with Crippen molar-refractivity contribution in [3.05, 3.63) is 47.7 Å². The number of imidazole rings is 1. The Balaban J connectivity index is 1.88. The topological polar surface area (TPSA) is 55.2 Å². The summed E-state index contributed by atoms with van der Waals surface area (Å²) in [5, 5.41) is 0.0993. The van der Waals surface area contributed by atoms with Crippen LogP contribution in [0.1, 0.15) is 36.6 Å². The molecule has 1 aliphatic rings. The highest BCUT2D eigenvalue weighted by Gasteiger charge is 2.31. The van der Waals surface area contributed by atoms with Crippen LogP contribution in [0, 0.1) is 12.7 Å². The SMILES string of the molecule is Cc1nc(S(=O)(=O)N2CCCCC(c3ccc(F)cc3)C2)cn1C. The van der Waals surface area contributed by atoms with Gasteiger partial charge in [0.1, 0.15) is 11.6 Å². The summed E-state index contributed by atoms with van der Waals surface area (Å²) in [7, 11) is -1.83. The van der Waals surface area contributed by atoms with Gasteiger partial charge in [-0.1, -0.05) is 18.6 Å². The molecule has 5 nitrogen and oxygen atoms in total. The molecule has 3 rings (SSSR count).